The van der Waals surface area contributed by atoms with Crippen molar-refractivity contribution in [2.75, 3.05) is 18.4 Å². The Balaban J connectivity index is 1.74. The van der Waals surface area contributed by atoms with Crippen molar-refractivity contribution >= 4 is 11.6 Å². The Hall–Kier alpha value is -2.36. The molecule has 1 fully saturated rings. The molecule has 0 unspecified atom stereocenters. The Bertz CT molecular complexity index is 606. The van der Waals surface area contributed by atoms with Gasteiger partial charge in [-0.15, -0.1) is 0 Å². The summed E-state index contributed by atoms with van der Waals surface area (Å²) in [7, 11) is 0. The van der Waals surface area contributed by atoms with E-state index in [2.05, 4.69) is 10.3 Å². The largest absolute Gasteiger partial charge is 0.380 e. The maximum atomic E-state index is 12.6. The van der Waals surface area contributed by atoms with E-state index >= 15 is 0 Å². The highest BCUT2D eigenvalue weighted by Gasteiger charge is 2.21. The zero-order chi connectivity index (χ0) is 14.5. The van der Waals surface area contributed by atoms with E-state index in [1.54, 1.807) is 6.20 Å². The fourth-order valence-electron chi connectivity index (χ4n) is 2.61. The Morgan fingerprint density at radius 1 is 1.14 bits per heavy atom. The first kappa shape index (κ1) is 13.6. The molecule has 0 atom stereocenters. The second kappa shape index (κ2) is 6.39. The molecule has 0 bridgehead atoms. The number of para-hydroxylation sites is 1. The summed E-state index contributed by atoms with van der Waals surface area (Å²) in [4.78, 5) is 18.6. The first-order valence-electron chi connectivity index (χ1n) is 7.36. The molecule has 3 rings (SSSR count). The summed E-state index contributed by atoms with van der Waals surface area (Å²) >= 11 is 0. The van der Waals surface area contributed by atoms with E-state index in [1.807, 2.05) is 47.5 Å². The average Bonchev–Trinajstić information content (AvgIpc) is 3.08. The van der Waals surface area contributed by atoms with Crippen molar-refractivity contribution in [3.63, 3.8) is 0 Å². The van der Waals surface area contributed by atoms with Gasteiger partial charge in [0.1, 0.15) is 0 Å². The molecule has 1 N–H and O–H groups in total. The van der Waals surface area contributed by atoms with Crippen molar-refractivity contribution in [1.82, 2.24) is 9.88 Å². The molecule has 1 aromatic heterocycles. The molecule has 1 amide bonds. The zero-order valence-corrected chi connectivity index (χ0v) is 12.0. The predicted octanol–water partition coefficient (Wildman–Crippen LogP) is 2.93. The number of pyridine rings is 1. The lowest BCUT2D eigenvalue weighted by Crippen LogP contribution is -2.28. The summed E-state index contributed by atoms with van der Waals surface area (Å²) in [6, 6.07) is 11.7. The van der Waals surface area contributed by atoms with Gasteiger partial charge in [0, 0.05) is 37.7 Å². The van der Waals surface area contributed by atoms with Crippen LogP contribution in [0.1, 0.15) is 28.8 Å². The van der Waals surface area contributed by atoms with Crippen LogP contribution in [0.15, 0.2) is 48.8 Å². The fourth-order valence-corrected chi connectivity index (χ4v) is 2.61. The van der Waals surface area contributed by atoms with Gasteiger partial charge in [0.2, 0.25) is 0 Å². The smallest absolute Gasteiger partial charge is 0.255 e. The molecule has 0 spiro atoms. The van der Waals surface area contributed by atoms with Crippen molar-refractivity contribution in [1.29, 1.82) is 0 Å². The quantitative estimate of drug-likeness (QED) is 0.937. The molecule has 108 valence electrons. The van der Waals surface area contributed by atoms with Gasteiger partial charge in [-0.05, 0) is 36.6 Å². The monoisotopic (exact) mass is 281 g/mol. The van der Waals surface area contributed by atoms with Gasteiger partial charge in [-0.25, -0.2) is 0 Å². The van der Waals surface area contributed by atoms with E-state index in [4.69, 9.17) is 0 Å². The van der Waals surface area contributed by atoms with Crippen LogP contribution >= 0.6 is 0 Å². The second-order valence-electron chi connectivity index (χ2n) is 5.26. The Morgan fingerprint density at radius 2 is 1.95 bits per heavy atom. The minimum absolute atomic E-state index is 0.127. The second-order valence-corrected chi connectivity index (χ2v) is 5.26. The van der Waals surface area contributed by atoms with Crippen LogP contribution in [-0.2, 0) is 6.54 Å². The number of benzene rings is 1. The summed E-state index contributed by atoms with van der Waals surface area (Å²) in [6.45, 7) is 2.41. The molecule has 21 heavy (non-hydrogen) atoms. The first-order valence-corrected chi connectivity index (χ1v) is 7.36. The molecule has 0 radical (unpaired) electrons. The molecule has 4 nitrogen and oxygen atoms in total. The summed E-state index contributed by atoms with van der Waals surface area (Å²) in [6.07, 6.45) is 5.81. The van der Waals surface area contributed by atoms with Gasteiger partial charge in [0.15, 0.2) is 0 Å². The normalized spacial score (nSPS) is 14.2. The van der Waals surface area contributed by atoms with Gasteiger partial charge >= 0.3 is 0 Å². The third-order valence-electron chi connectivity index (χ3n) is 3.76. The molecule has 1 aliphatic heterocycles. The van der Waals surface area contributed by atoms with Crippen molar-refractivity contribution in [3.05, 3.63) is 59.9 Å². The minimum atomic E-state index is 0.127. The lowest BCUT2D eigenvalue weighted by molar-refractivity contribution is 0.0793. The van der Waals surface area contributed by atoms with E-state index in [-0.39, 0.29) is 5.91 Å². The number of aromatic nitrogens is 1. The van der Waals surface area contributed by atoms with Crippen molar-refractivity contribution in [3.8, 4) is 0 Å². The lowest BCUT2D eigenvalue weighted by atomic mass is 10.1. The van der Waals surface area contributed by atoms with Gasteiger partial charge in [-0.1, -0.05) is 18.2 Å². The molecule has 0 saturated carbocycles. The summed E-state index contributed by atoms with van der Waals surface area (Å²) in [5, 5.41) is 3.35. The third kappa shape index (κ3) is 3.21. The van der Waals surface area contributed by atoms with Crippen LogP contribution in [0.4, 0.5) is 5.69 Å². The number of nitrogens with zero attached hydrogens (tertiary/aromatic N) is 2. The van der Waals surface area contributed by atoms with Crippen LogP contribution in [0.2, 0.25) is 0 Å². The fraction of sp³-hybridized carbons (Fsp3) is 0.294. The minimum Gasteiger partial charge on any atom is -0.380 e. The molecule has 0 aliphatic carbocycles. The number of anilines is 1. The highest BCUT2D eigenvalue weighted by molar-refractivity contribution is 5.99. The van der Waals surface area contributed by atoms with E-state index in [0.29, 0.717) is 6.54 Å². The maximum Gasteiger partial charge on any atom is 0.255 e. The van der Waals surface area contributed by atoms with Gasteiger partial charge in [0.05, 0.1) is 5.56 Å². The van der Waals surface area contributed by atoms with Crippen LogP contribution in [0.5, 0.6) is 0 Å². The summed E-state index contributed by atoms with van der Waals surface area (Å²) in [5.74, 6) is 0.127. The Labute approximate surface area is 124 Å². The molecular formula is C17H19N3O. The van der Waals surface area contributed by atoms with E-state index < -0.39 is 0 Å². The van der Waals surface area contributed by atoms with E-state index in [0.717, 1.165) is 42.7 Å². The maximum absolute atomic E-state index is 12.6. The van der Waals surface area contributed by atoms with Gasteiger partial charge < -0.3 is 10.2 Å². The highest BCUT2D eigenvalue weighted by Crippen LogP contribution is 2.20. The third-order valence-corrected chi connectivity index (χ3v) is 3.76. The Kier molecular flexibility index (Phi) is 4.15. The molecular weight excluding hydrogens is 262 g/mol. The van der Waals surface area contributed by atoms with Crippen molar-refractivity contribution in [2.24, 2.45) is 0 Å². The van der Waals surface area contributed by atoms with Gasteiger partial charge in [-0.3, -0.25) is 9.78 Å². The van der Waals surface area contributed by atoms with E-state index in [9.17, 15) is 4.79 Å². The topological polar surface area (TPSA) is 45.2 Å². The van der Waals surface area contributed by atoms with Crippen molar-refractivity contribution < 1.29 is 4.79 Å². The standard InChI is InChI=1S/C17H19N3O/c21-17(20-10-3-4-11-20)15-7-1-2-8-16(15)19-13-14-6-5-9-18-12-14/h1-2,5-9,12,19H,3-4,10-11,13H2. The van der Waals surface area contributed by atoms with Crippen LogP contribution < -0.4 is 5.32 Å². The number of hydrogen-bond acceptors (Lipinski definition) is 3. The number of hydrogen-bond donors (Lipinski definition) is 1. The lowest BCUT2D eigenvalue weighted by Gasteiger charge is -2.18. The predicted molar refractivity (Wildman–Crippen MR) is 83.1 cm³/mol. The van der Waals surface area contributed by atoms with Crippen LogP contribution in [0.3, 0.4) is 0 Å². The Morgan fingerprint density at radius 3 is 2.71 bits per heavy atom. The van der Waals surface area contributed by atoms with E-state index in [1.165, 1.54) is 0 Å². The summed E-state index contributed by atoms with van der Waals surface area (Å²) in [5.41, 5.74) is 2.74. The van der Waals surface area contributed by atoms with Crippen molar-refractivity contribution in [2.45, 2.75) is 19.4 Å². The number of likely N-dealkylation sites (tertiary alicyclic amines) is 1. The number of nitrogens with one attached hydrogen (secondary N) is 1. The molecule has 1 saturated heterocycles. The molecule has 2 aromatic rings. The molecule has 2 heterocycles. The highest BCUT2D eigenvalue weighted by atomic mass is 16.2. The molecule has 1 aromatic carbocycles. The average molecular weight is 281 g/mol. The summed E-state index contributed by atoms with van der Waals surface area (Å²) < 4.78 is 0. The number of carbonyl (C=O) groups is 1. The molecule has 1 aliphatic rings. The first-order chi connectivity index (χ1) is 10.3. The number of carbonyl (C=O) groups excluding carboxylic acids is 1. The molecule has 4 heteroatoms. The van der Waals surface area contributed by atoms with Gasteiger partial charge in [-0.2, -0.15) is 0 Å². The number of amides is 1. The SMILES string of the molecule is O=C(c1ccccc1NCc1cccnc1)N1CCCC1. The van der Waals surface area contributed by atoms with Gasteiger partial charge in [0.25, 0.3) is 5.91 Å². The van der Waals surface area contributed by atoms with Crippen LogP contribution in [0, 0.1) is 0 Å². The zero-order valence-electron chi connectivity index (χ0n) is 12.0. The van der Waals surface area contributed by atoms with Crippen LogP contribution in [0.25, 0.3) is 0 Å². The van der Waals surface area contributed by atoms with Crippen LogP contribution in [-0.4, -0.2) is 28.9 Å². The number of rotatable bonds is 4.